The summed E-state index contributed by atoms with van der Waals surface area (Å²) in [7, 11) is 0.915. The van der Waals surface area contributed by atoms with Crippen molar-refractivity contribution in [1.82, 2.24) is 25.8 Å². The van der Waals surface area contributed by atoms with Gasteiger partial charge >= 0.3 is 18.8 Å². The second-order valence-corrected chi connectivity index (χ2v) is 16.1. The van der Waals surface area contributed by atoms with Crippen LogP contribution >= 0.6 is 0 Å². The van der Waals surface area contributed by atoms with E-state index in [0.29, 0.717) is 28.9 Å². The van der Waals surface area contributed by atoms with E-state index in [0.717, 1.165) is 97.2 Å². The number of allylic oxidation sites excluding steroid dienone is 1. The molecule has 2 amide bonds. The molecule has 13 nitrogen and oxygen atoms in total. The number of pyridine rings is 1. The molecule has 1 unspecified atom stereocenters. The average Bonchev–Trinajstić information content (AvgIpc) is 3.28. The third-order valence-electron chi connectivity index (χ3n) is 11.4. The number of carbonyl (C=O) groups excluding carboxylic acids is 2. The van der Waals surface area contributed by atoms with Crippen molar-refractivity contribution in [3.63, 3.8) is 0 Å². The highest BCUT2D eigenvalue weighted by Gasteiger charge is 2.56. The Morgan fingerprint density at radius 3 is 2.22 bits per heavy atom. The quantitative estimate of drug-likeness (QED) is 0.0562. The van der Waals surface area contributed by atoms with Gasteiger partial charge in [-0.1, -0.05) is 24.0 Å². The van der Waals surface area contributed by atoms with Gasteiger partial charge in [0.2, 0.25) is 5.91 Å². The molecule has 0 spiro atoms. The molecule has 0 saturated carbocycles. The number of amides is 2. The number of methoxy groups -OCH3 is 1. The zero-order valence-corrected chi connectivity index (χ0v) is 36.1. The summed E-state index contributed by atoms with van der Waals surface area (Å²) in [6, 6.07) is 9.28. The number of aliphatic hydroxyl groups excluding tert-OH is 1. The molecule has 5 rings (SSSR count). The number of rotatable bonds is 16. The first-order chi connectivity index (χ1) is 30.9. The highest BCUT2D eigenvalue weighted by Crippen LogP contribution is 2.40. The van der Waals surface area contributed by atoms with E-state index in [1.54, 1.807) is 30.5 Å². The molecule has 2 aliphatic heterocycles. The van der Waals surface area contributed by atoms with Gasteiger partial charge in [-0.25, -0.2) is 23.6 Å². The molecule has 3 atom stereocenters. The molecule has 1 aromatic heterocycles. The first-order valence-electron chi connectivity index (χ1n) is 20.9. The average molecular weight is 919 g/mol. The SMILES string of the molecule is COC(=O)NC(C(=O)N[C@@H](Cc1ccc(C#Cc2ccc(N3CCN(C4CCOCC4)CC3)nc2)cc1)[C@@H](O)CNCc1c(F)cc(C(N)=CC=NC(F)F)cc1F)C(C)(C)C(F)(F)F. The van der Waals surface area contributed by atoms with Gasteiger partial charge in [0.15, 0.2) is 0 Å². The second-order valence-electron chi connectivity index (χ2n) is 16.1. The predicted molar refractivity (Wildman–Crippen MR) is 230 cm³/mol. The Morgan fingerprint density at radius 2 is 1.63 bits per heavy atom. The highest BCUT2D eigenvalue weighted by atomic mass is 19.4. The minimum absolute atomic E-state index is 0.147. The Morgan fingerprint density at radius 1 is 1.00 bits per heavy atom. The van der Waals surface area contributed by atoms with Gasteiger partial charge in [0, 0.05) is 98.9 Å². The van der Waals surface area contributed by atoms with Crippen LogP contribution in [0.25, 0.3) is 5.70 Å². The Kier molecular flexibility index (Phi) is 17.7. The van der Waals surface area contributed by atoms with Crippen molar-refractivity contribution in [2.24, 2.45) is 16.1 Å². The molecule has 2 fully saturated rings. The molecule has 2 saturated heterocycles. The number of piperazine rings is 1. The third-order valence-corrected chi connectivity index (χ3v) is 11.4. The molecule has 3 heterocycles. The number of hydrogen-bond donors (Lipinski definition) is 5. The molecule has 65 heavy (non-hydrogen) atoms. The molecule has 3 aromatic rings. The summed E-state index contributed by atoms with van der Waals surface area (Å²) in [5.41, 5.74) is 3.86. The first-order valence-corrected chi connectivity index (χ1v) is 20.9. The molecule has 0 bridgehead atoms. The van der Waals surface area contributed by atoms with E-state index in [2.05, 4.69) is 47.0 Å². The zero-order valence-electron chi connectivity index (χ0n) is 36.1. The molecule has 2 aromatic carbocycles. The molecular weight excluding hydrogens is 866 g/mol. The van der Waals surface area contributed by atoms with Crippen LogP contribution in [-0.4, -0.2) is 123 Å². The number of aliphatic hydroxyl groups is 1. The lowest BCUT2D eigenvalue weighted by molar-refractivity contribution is -0.220. The van der Waals surface area contributed by atoms with Crippen molar-refractivity contribution in [3.05, 3.63) is 100 Å². The number of halogens is 7. The van der Waals surface area contributed by atoms with E-state index in [1.807, 2.05) is 17.4 Å². The van der Waals surface area contributed by atoms with Gasteiger partial charge in [0.05, 0.1) is 24.7 Å². The molecular formula is C45H53F7N8O5. The maximum atomic E-state index is 15.0. The van der Waals surface area contributed by atoms with Crippen LogP contribution < -0.4 is 26.6 Å². The van der Waals surface area contributed by atoms with Crippen molar-refractivity contribution in [1.29, 1.82) is 0 Å². The Hall–Kier alpha value is -5.75. The molecule has 0 radical (unpaired) electrons. The van der Waals surface area contributed by atoms with Crippen LogP contribution in [-0.2, 0) is 27.2 Å². The highest BCUT2D eigenvalue weighted by molar-refractivity contribution is 5.87. The van der Waals surface area contributed by atoms with Crippen molar-refractivity contribution >= 4 is 29.7 Å². The minimum atomic E-state index is -4.98. The van der Waals surface area contributed by atoms with Crippen LogP contribution in [0.3, 0.4) is 0 Å². The van der Waals surface area contributed by atoms with Gasteiger partial charge < -0.3 is 41.2 Å². The zero-order chi connectivity index (χ0) is 47.3. The van der Waals surface area contributed by atoms with Crippen molar-refractivity contribution in [2.75, 3.05) is 57.9 Å². The second kappa shape index (κ2) is 22.9. The number of aliphatic imine (C=N–C) groups is 1. The molecule has 0 aliphatic carbocycles. The van der Waals surface area contributed by atoms with Gasteiger partial charge in [-0.05, 0) is 81.1 Å². The number of carbonyl (C=O) groups is 2. The van der Waals surface area contributed by atoms with Crippen LogP contribution in [0.2, 0.25) is 0 Å². The number of nitrogens with one attached hydrogen (secondary N) is 3. The smallest absolute Gasteiger partial charge is 0.407 e. The summed E-state index contributed by atoms with van der Waals surface area (Å²) in [5.74, 6) is 3.60. The van der Waals surface area contributed by atoms with Gasteiger partial charge in [0.1, 0.15) is 23.5 Å². The first kappa shape index (κ1) is 50.3. The monoisotopic (exact) mass is 918 g/mol. The summed E-state index contributed by atoms with van der Waals surface area (Å²) in [6.07, 6.45) is -2.56. The maximum Gasteiger partial charge on any atom is 0.407 e. The third kappa shape index (κ3) is 14.1. The fourth-order valence-electron chi connectivity index (χ4n) is 7.31. The van der Waals surface area contributed by atoms with E-state index >= 15 is 8.78 Å². The minimum Gasteiger partial charge on any atom is -0.453 e. The normalized spacial score (nSPS) is 17.0. The van der Waals surface area contributed by atoms with Crippen molar-refractivity contribution in [3.8, 4) is 11.8 Å². The van der Waals surface area contributed by atoms with Gasteiger partial charge in [-0.15, -0.1) is 0 Å². The number of nitrogens with two attached hydrogens (primary N) is 1. The van der Waals surface area contributed by atoms with Gasteiger partial charge in [-0.2, -0.15) is 22.0 Å². The fraction of sp³-hybridized carbons (Fsp3) is 0.467. The summed E-state index contributed by atoms with van der Waals surface area (Å²) in [4.78, 5) is 38.0. The Labute approximate surface area is 372 Å². The Bertz CT molecular complexity index is 2160. The largest absolute Gasteiger partial charge is 0.453 e. The Balaban J connectivity index is 1.27. The van der Waals surface area contributed by atoms with E-state index < -0.39 is 78.6 Å². The summed E-state index contributed by atoms with van der Waals surface area (Å²) in [5, 5.41) is 18.4. The number of aromatic nitrogens is 1. The van der Waals surface area contributed by atoms with Crippen LogP contribution in [0.4, 0.5) is 41.3 Å². The van der Waals surface area contributed by atoms with Crippen LogP contribution in [0.5, 0.6) is 0 Å². The number of alkyl halides is 5. The summed E-state index contributed by atoms with van der Waals surface area (Å²) >= 11 is 0. The number of benzene rings is 2. The van der Waals surface area contributed by atoms with Crippen molar-refractivity contribution < 1.29 is 54.9 Å². The topological polar surface area (TPSA) is 167 Å². The van der Waals surface area contributed by atoms with E-state index in [4.69, 9.17) is 10.5 Å². The number of hydrogen-bond acceptors (Lipinski definition) is 11. The van der Waals surface area contributed by atoms with Crippen LogP contribution in [0, 0.1) is 28.9 Å². The lowest BCUT2D eigenvalue weighted by atomic mass is 9.82. The lowest BCUT2D eigenvalue weighted by Gasteiger charge is -2.41. The fourth-order valence-corrected chi connectivity index (χ4v) is 7.31. The van der Waals surface area contributed by atoms with E-state index in [-0.39, 0.29) is 17.7 Å². The van der Waals surface area contributed by atoms with Crippen LogP contribution in [0.15, 0.2) is 65.8 Å². The molecule has 6 N–H and O–H groups in total. The van der Waals surface area contributed by atoms with Crippen molar-refractivity contribution in [2.45, 2.75) is 76.6 Å². The number of anilines is 1. The van der Waals surface area contributed by atoms with Gasteiger partial charge in [0.25, 0.3) is 0 Å². The summed E-state index contributed by atoms with van der Waals surface area (Å²) in [6.45, 7) is 2.75. The summed E-state index contributed by atoms with van der Waals surface area (Å²) < 4.78 is 107. The molecule has 20 heteroatoms. The van der Waals surface area contributed by atoms with Gasteiger partial charge in [-0.3, -0.25) is 9.69 Å². The van der Waals surface area contributed by atoms with E-state index in [9.17, 15) is 36.6 Å². The molecule has 352 valence electrons. The maximum absolute atomic E-state index is 15.0. The standard InChI is InChI=1S/C45H53F7N8O5/c1-44(2,45(50,51)52)40(58-43(63)64-3)41(62)57-37(38(61)27-54-26-33-34(46)23-31(24-35(33)47)36(53)12-15-55-42(48)49)22-29-7-4-28(5-8-29)6-9-30-10-11-39(56-25-30)60-18-16-59(17-19-60)32-13-20-65-21-14-32/h4-5,7-8,10-12,15,23-25,32,37-38,40,42,54,61H,13-14,16-22,26-27,53H2,1-3H3,(H,57,62)(H,58,63)/t37-,38-,40?/m0/s1. The van der Waals surface area contributed by atoms with E-state index in [1.165, 1.54) is 0 Å². The molecule has 2 aliphatic rings. The number of ether oxygens (including phenoxy) is 2. The van der Waals surface area contributed by atoms with Crippen LogP contribution in [0.1, 0.15) is 54.5 Å². The lowest BCUT2D eigenvalue weighted by Crippen LogP contribution is -2.62. The number of nitrogens with zero attached hydrogens (tertiary/aromatic N) is 4. The number of alkyl carbamates (subject to hydrolysis) is 1. The predicted octanol–water partition coefficient (Wildman–Crippen LogP) is 5.14.